The van der Waals surface area contributed by atoms with E-state index >= 15 is 0 Å². The van der Waals surface area contributed by atoms with Crippen LogP contribution in [0.1, 0.15) is 69.4 Å². The lowest BCUT2D eigenvalue weighted by molar-refractivity contribution is -0.129. The molecule has 0 spiro atoms. The quantitative estimate of drug-likeness (QED) is 0.291. The molecule has 1 aliphatic rings. The van der Waals surface area contributed by atoms with Crippen molar-refractivity contribution < 1.29 is 14.6 Å². The molecule has 1 aliphatic heterocycles. The maximum atomic E-state index is 12.5. The largest absolute Gasteiger partial charge is 0.507 e. The number of halogens is 1. The maximum absolute atomic E-state index is 12.5. The van der Waals surface area contributed by atoms with Crippen molar-refractivity contribution in [2.75, 3.05) is 0 Å². The second-order valence-corrected chi connectivity index (χ2v) is 10.9. The molecular weight excluding hydrogens is 489 g/mol. The van der Waals surface area contributed by atoms with Gasteiger partial charge < -0.3 is 9.84 Å². The molecule has 158 valence electrons. The molecule has 0 bridgehead atoms. The number of esters is 1. The standard InChI is InChI=1S/C25H28INO3/c1-14-10-16(8-9-19(14)26)22-27-20(23(29)30-22)13-15-11-17(24(2,3)4)21(28)18(12-15)25(5,6)7/h8-13,28H,1-7H3/b20-13-. The SMILES string of the molecule is Cc1cc(C2=N/C(=C\c3cc(C(C)(C)C)c(O)c(C(C)(C)C)c3)C(=O)O2)ccc1I. The average molecular weight is 517 g/mol. The van der Waals surface area contributed by atoms with Gasteiger partial charge in [-0.2, -0.15) is 0 Å². The van der Waals surface area contributed by atoms with Crippen LogP contribution in [-0.4, -0.2) is 17.0 Å². The molecule has 0 radical (unpaired) electrons. The van der Waals surface area contributed by atoms with Crippen LogP contribution in [0.4, 0.5) is 0 Å². The highest BCUT2D eigenvalue weighted by Gasteiger charge is 2.28. The van der Waals surface area contributed by atoms with E-state index in [0.29, 0.717) is 11.6 Å². The van der Waals surface area contributed by atoms with E-state index in [1.165, 1.54) is 0 Å². The highest BCUT2D eigenvalue weighted by Crippen LogP contribution is 2.40. The topological polar surface area (TPSA) is 58.9 Å². The van der Waals surface area contributed by atoms with E-state index in [4.69, 9.17) is 4.74 Å². The van der Waals surface area contributed by atoms with Gasteiger partial charge in [-0.1, -0.05) is 41.5 Å². The average Bonchev–Trinajstić information content (AvgIpc) is 2.97. The minimum atomic E-state index is -0.469. The summed E-state index contributed by atoms with van der Waals surface area (Å²) in [6.45, 7) is 14.4. The lowest BCUT2D eigenvalue weighted by Crippen LogP contribution is -2.17. The van der Waals surface area contributed by atoms with Crippen LogP contribution in [-0.2, 0) is 20.4 Å². The summed E-state index contributed by atoms with van der Waals surface area (Å²) in [5.41, 5.74) is 4.14. The van der Waals surface area contributed by atoms with Gasteiger partial charge in [-0.25, -0.2) is 9.79 Å². The predicted molar refractivity (Wildman–Crippen MR) is 130 cm³/mol. The monoisotopic (exact) mass is 517 g/mol. The summed E-state index contributed by atoms with van der Waals surface area (Å²) in [6, 6.07) is 9.70. The first kappa shape index (κ1) is 22.5. The van der Waals surface area contributed by atoms with Gasteiger partial charge in [-0.3, -0.25) is 0 Å². The van der Waals surface area contributed by atoms with Gasteiger partial charge in [0.2, 0.25) is 5.90 Å². The Labute approximate surface area is 192 Å². The Morgan fingerprint density at radius 2 is 1.57 bits per heavy atom. The highest BCUT2D eigenvalue weighted by molar-refractivity contribution is 14.1. The molecule has 0 aromatic heterocycles. The van der Waals surface area contributed by atoms with Gasteiger partial charge in [-0.15, -0.1) is 0 Å². The number of aliphatic imine (C=N–C) groups is 1. The van der Waals surface area contributed by atoms with Gasteiger partial charge in [0.15, 0.2) is 5.70 Å². The van der Waals surface area contributed by atoms with Crippen molar-refractivity contribution in [1.82, 2.24) is 0 Å². The van der Waals surface area contributed by atoms with Crippen molar-refractivity contribution in [2.45, 2.75) is 59.3 Å². The molecule has 5 heteroatoms. The van der Waals surface area contributed by atoms with Crippen LogP contribution in [0.5, 0.6) is 5.75 Å². The Hall–Kier alpha value is -2.15. The summed E-state index contributed by atoms with van der Waals surface area (Å²) < 4.78 is 6.58. The molecule has 0 saturated heterocycles. The maximum Gasteiger partial charge on any atom is 0.363 e. The normalized spacial score (nSPS) is 16.1. The first-order valence-corrected chi connectivity index (χ1v) is 11.0. The van der Waals surface area contributed by atoms with Crippen molar-refractivity contribution in [3.8, 4) is 5.75 Å². The number of carbonyl (C=O) groups excluding carboxylic acids is 1. The molecule has 2 aromatic carbocycles. The van der Waals surface area contributed by atoms with E-state index < -0.39 is 5.97 Å². The molecule has 0 unspecified atom stereocenters. The zero-order chi connectivity index (χ0) is 22.4. The molecule has 4 nitrogen and oxygen atoms in total. The molecule has 0 aliphatic carbocycles. The van der Waals surface area contributed by atoms with Crippen molar-refractivity contribution in [1.29, 1.82) is 0 Å². The lowest BCUT2D eigenvalue weighted by atomic mass is 9.78. The summed E-state index contributed by atoms with van der Waals surface area (Å²) in [4.78, 5) is 16.9. The molecule has 30 heavy (non-hydrogen) atoms. The predicted octanol–water partition coefficient (Wildman–Crippen LogP) is 6.24. The molecule has 1 heterocycles. The van der Waals surface area contributed by atoms with Crippen molar-refractivity contribution in [3.63, 3.8) is 0 Å². The molecule has 1 N–H and O–H groups in total. The molecule has 3 rings (SSSR count). The first-order valence-electron chi connectivity index (χ1n) is 9.94. The Kier molecular flexibility index (Phi) is 5.89. The summed E-state index contributed by atoms with van der Waals surface area (Å²) in [7, 11) is 0. The molecule has 0 atom stereocenters. The van der Waals surface area contributed by atoms with Crippen LogP contribution in [0.2, 0.25) is 0 Å². The second-order valence-electron chi connectivity index (χ2n) is 9.76. The lowest BCUT2D eigenvalue weighted by Gasteiger charge is -2.27. The van der Waals surface area contributed by atoms with Gasteiger partial charge in [-0.05, 0) is 87.9 Å². The third-order valence-corrected chi connectivity index (χ3v) is 6.29. The Balaban J connectivity index is 2.10. The van der Waals surface area contributed by atoms with Gasteiger partial charge in [0.05, 0.1) is 0 Å². The number of hydrogen-bond acceptors (Lipinski definition) is 4. The van der Waals surface area contributed by atoms with Crippen molar-refractivity contribution in [3.05, 3.63) is 67.4 Å². The number of nitrogens with zero attached hydrogens (tertiary/aromatic N) is 1. The van der Waals surface area contributed by atoms with Crippen LogP contribution < -0.4 is 0 Å². The number of cyclic esters (lactones) is 1. The fraction of sp³-hybridized carbons (Fsp3) is 0.360. The summed E-state index contributed by atoms with van der Waals surface area (Å²) in [6.07, 6.45) is 1.73. The highest BCUT2D eigenvalue weighted by atomic mass is 127. The zero-order valence-electron chi connectivity index (χ0n) is 18.6. The number of hydrogen-bond donors (Lipinski definition) is 1. The molecule has 0 amide bonds. The number of aromatic hydroxyl groups is 1. The van der Waals surface area contributed by atoms with E-state index in [-0.39, 0.29) is 16.5 Å². The molecule has 0 saturated carbocycles. The number of benzene rings is 2. The third-order valence-electron chi connectivity index (χ3n) is 5.08. The zero-order valence-corrected chi connectivity index (χ0v) is 20.7. The van der Waals surface area contributed by atoms with Crippen LogP contribution >= 0.6 is 22.6 Å². The number of carbonyl (C=O) groups is 1. The molecular formula is C25H28INO3. The van der Waals surface area contributed by atoms with Crippen molar-refractivity contribution >= 4 is 40.5 Å². The van der Waals surface area contributed by atoms with Crippen molar-refractivity contribution in [2.24, 2.45) is 4.99 Å². The van der Waals surface area contributed by atoms with E-state index in [1.54, 1.807) is 6.08 Å². The fourth-order valence-electron chi connectivity index (χ4n) is 3.35. The number of phenolic OH excluding ortho intramolecular Hbond substituents is 1. The molecule has 2 aromatic rings. The third kappa shape index (κ3) is 4.61. The first-order chi connectivity index (χ1) is 13.8. The minimum absolute atomic E-state index is 0.248. The van der Waals surface area contributed by atoms with E-state index in [0.717, 1.165) is 31.4 Å². The minimum Gasteiger partial charge on any atom is -0.507 e. The van der Waals surface area contributed by atoms with E-state index in [2.05, 4.69) is 69.1 Å². The number of rotatable bonds is 2. The smallest absolute Gasteiger partial charge is 0.363 e. The van der Waals surface area contributed by atoms with Gasteiger partial charge in [0.1, 0.15) is 5.75 Å². The Morgan fingerprint density at radius 1 is 1.00 bits per heavy atom. The fourth-order valence-corrected chi connectivity index (χ4v) is 3.69. The van der Waals surface area contributed by atoms with Gasteiger partial charge >= 0.3 is 5.97 Å². The van der Waals surface area contributed by atoms with Crippen LogP contribution in [0, 0.1) is 10.5 Å². The Bertz CT molecular complexity index is 1050. The van der Waals surface area contributed by atoms with E-state index in [1.807, 2.05) is 37.3 Å². The molecule has 0 fully saturated rings. The van der Waals surface area contributed by atoms with E-state index in [9.17, 15) is 9.90 Å². The number of phenols is 1. The Morgan fingerprint density at radius 3 is 2.07 bits per heavy atom. The van der Waals surface area contributed by atoms with Crippen LogP contribution in [0.3, 0.4) is 0 Å². The van der Waals surface area contributed by atoms with Crippen LogP contribution in [0.15, 0.2) is 41.0 Å². The van der Waals surface area contributed by atoms with Gasteiger partial charge in [0.25, 0.3) is 0 Å². The van der Waals surface area contributed by atoms with Crippen LogP contribution in [0.25, 0.3) is 6.08 Å². The van der Waals surface area contributed by atoms with Gasteiger partial charge in [0, 0.05) is 20.3 Å². The summed E-state index contributed by atoms with van der Waals surface area (Å²) in [5.74, 6) is 0.158. The summed E-state index contributed by atoms with van der Waals surface area (Å²) in [5, 5.41) is 10.9. The number of ether oxygens (including phenoxy) is 1. The number of aryl methyl sites for hydroxylation is 1. The summed E-state index contributed by atoms with van der Waals surface area (Å²) >= 11 is 2.27. The second kappa shape index (κ2) is 7.84.